The van der Waals surface area contributed by atoms with E-state index < -0.39 is 0 Å². The second-order valence-corrected chi connectivity index (χ2v) is 13.6. The van der Waals surface area contributed by atoms with E-state index in [0.29, 0.717) is 12.0 Å². The molecule has 0 saturated heterocycles. The zero-order valence-corrected chi connectivity index (χ0v) is 35.8. The molecule has 1 heterocycles. The number of benzene rings is 4. The summed E-state index contributed by atoms with van der Waals surface area (Å²) in [5.74, 6) is 0.517. The van der Waals surface area contributed by atoms with E-state index in [1.54, 1.807) is 0 Å². The number of allylic oxidation sites excluding steroid dienone is 3. The summed E-state index contributed by atoms with van der Waals surface area (Å²) < 4.78 is 0. The van der Waals surface area contributed by atoms with E-state index in [1.807, 2.05) is 0 Å². The van der Waals surface area contributed by atoms with E-state index >= 15 is 0 Å². The fraction of sp³-hybridized carbons (Fsp3) is 0.250. The molecule has 1 nitrogen and oxygen atoms in total. The van der Waals surface area contributed by atoms with Crippen molar-refractivity contribution in [2.24, 2.45) is 5.92 Å². The standard InChI is InChI=1S/C21H20N.C21H23.2CH3.2ClH.Si.Zr/c1-14(2)17-12-18-11-15(3)22(21(18)13-17)20-10-6-8-16-7-4-5-9-19(16)20;1-14-12-19-15(2)6-11-18(20(19)13-14)16-7-9-17(10-8-16)21(3,4)5;;;;;;/h4-11,13-15H,1-3H3;6-13H,1-5H3;2*1H3;2*1H;;/q4*-1;;;;. The first-order chi connectivity index (χ1) is 21.5. The van der Waals surface area contributed by atoms with E-state index in [0.717, 1.165) is 0 Å². The molecule has 49 heavy (non-hydrogen) atoms. The number of nitrogens with zero attached hydrogens (tertiary/aromatic N) is 1. The minimum absolute atomic E-state index is 0. The molecule has 0 amide bonds. The number of anilines is 1. The Hall–Kier alpha value is -2.55. The van der Waals surface area contributed by atoms with Crippen LogP contribution in [-0.4, -0.2) is 12.9 Å². The van der Waals surface area contributed by atoms with Crippen LogP contribution in [0.25, 0.3) is 32.7 Å². The molecule has 0 aromatic heterocycles. The second-order valence-electron chi connectivity index (χ2n) is 13.6. The van der Waals surface area contributed by atoms with Gasteiger partial charge in [0.05, 0.1) is 0 Å². The van der Waals surface area contributed by atoms with E-state index in [4.69, 9.17) is 0 Å². The fourth-order valence-corrected chi connectivity index (χ4v) is 6.41. The maximum atomic E-state index is 3.57. The predicted octanol–water partition coefficient (Wildman–Crippen LogP) is 12.8. The van der Waals surface area contributed by atoms with Crippen molar-refractivity contribution >= 4 is 58.9 Å². The van der Waals surface area contributed by atoms with Crippen LogP contribution < -0.4 is 4.90 Å². The summed E-state index contributed by atoms with van der Waals surface area (Å²) in [5.41, 5.74) is 12.1. The molecule has 5 aromatic carbocycles. The molecule has 0 bridgehead atoms. The van der Waals surface area contributed by atoms with Gasteiger partial charge in [-0.1, -0.05) is 126 Å². The van der Waals surface area contributed by atoms with Gasteiger partial charge in [-0.15, -0.1) is 88.2 Å². The van der Waals surface area contributed by atoms with Crippen LogP contribution in [-0.2, 0) is 28.8 Å². The summed E-state index contributed by atoms with van der Waals surface area (Å²) in [6.45, 7) is 20.9. The average Bonchev–Trinajstić information content (AvgIpc) is 3.70. The molecular weight excluding hydrogens is 733 g/mol. The Balaban J connectivity index is 0.000000433. The maximum absolute atomic E-state index is 3.57. The third-order valence-electron chi connectivity index (χ3n) is 8.88. The molecule has 0 fully saturated rings. The predicted molar refractivity (Wildman–Crippen MR) is 220 cm³/mol. The molecule has 0 saturated carbocycles. The minimum atomic E-state index is 0. The van der Waals surface area contributed by atoms with Crippen LogP contribution in [0.3, 0.4) is 0 Å². The number of hydrogen-bond acceptors (Lipinski definition) is 1. The first kappa shape index (κ1) is 44.5. The fourth-order valence-electron chi connectivity index (χ4n) is 6.41. The van der Waals surface area contributed by atoms with Crippen molar-refractivity contribution < 1.29 is 23.3 Å². The Morgan fingerprint density at radius 3 is 2.10 bits per heavy atom. The van der Waals surface area contributed by atoms with Crippen molar-refractivity contribution in [3.63, 3.8) is 0 Å². The van der Waals surface area contributed by atoms with Crippen molar-refractivity contribution in [1.82, 2.24) is 0 Å². The Kier molecular flexibility index (Phi) is 16.9. The van der Waals surface area contributed by atoms with E-state index in [1.165, 1.54) is 95.2 Å². The molecule has 2 aliphatic rings. The van der Waals surface area contributed by atoms with Gasteiger partial charge in [0.1, 0.15) is 0 Å². The molecule has 1 aliphatic carbocycles. The van der Waals surface area contributed by atoms with Crippen LogP contribution in [0.15, 0.2) is 120 Å². The molecule has 0 spiro atoms. The summed E-state index contributed by atoms with van der Waals surface area (Å²) in [7, 11) is 0. The third kappa shape index (κ3) is 9.42. The van der Waals surface area contributed by atoms with Gasteiger partial charge in [0, 0.05) is 17.1 Å². The van der Waals surface area contributed by atoms with Crippen molar-refractivity contribution in [3.8, 4) is 11.1 Å². The van der Waals surface area contributed by atoms with E-state index in [9.17, 15) is 0 Å². The first-order valence-electron chi connectivity index (χ1n) is 15.9. The summed E-state index contributed by atoms with van der Waals surface area (Å²) in [4.78, 5) is 2.44. The number of hydrogen-bond donors (Lipinski definition) is 0. The van der Waals surface area contributed by atoms with Crippen molar-refractivity contribution in [2.45, 2.75) is 66.8 Å². The molecule has 2 radical (unpaired) electrons. The molecule has 1 atom stereocenters. The van der Waals surface area contributed by atoms with Gasteiger partial charge in [0.2, 0.25) is 0 Å². The van der Waals surface area contributed by atoms with Gasteiger partial charge >= 0.3 is 30.2 Å². The van der Waals surface area contributed by atoms with Crippen LogP contribution in [0, 0.1) is 40.7 Å². The van der Waals surface area contributed by atoms with E-state index in [2.05, 4.69) is 176 Å². The average molecular weight is 784 g/mol. The topological polar surface area (TPSA) is 3.24 Å². The Bertz CT molecular complexity index is 1930. The molecular formula is C44H51Cl2NSiZr-4. The van der Waals surface area contributed by atoms with Gasteiger partial charge in [-0.05, 0) is 40.8 Å². The molecule has 1 unspecified atom stereocenters. The van der Waals surface area contributed by atoms with Crippen molar-refractivity contribution in [2.75, 3.05) is 4.90 Å². The third-order valence-corrected chi connectivity index (χ3v) is 8.88. The summed E-state index contributed by atoms with van der Waals surface area (Å²) in [6, 6.07) is 33.7. The number of halogens is 2. The second kappa shape index (κ2) is 18.6. The van der Waals surface area contributed by atoms with Gasteiger partial charge in [0.15, 0.2) is 0 Å². The van der Waals surface area contributed by atoms with E-state index in [-0.39, 0.29) is 45.1 Å². The van der Waals surface area contributed by atoms with Crippen LogP contribution in [0.2, 0.25) is 0 Å². The quantitative estimate of drug-likeness (QED) is 0.130. The Morgan fingerprint density at radius 1 is 0.837 bits per heavy atom. The molecule has 1 aliphatic heterocycles. The Morgan fingerprint density at radius 2 is 1.47 bits per heavy atom. The van der Waals surface area contributed by atoms with Gasteiger partial charge in [0.25, 0.3) is 0 Å². The SMILES string of the molecule is CC(C)C1=[C-]C2=CC(C)N(c3cccc4ccccc34)C2=C1.Cc1cc2c(-c3ccc(C(C)(C)C)cc3)ccc(C)c2[cH-]1.Cl.Cl.[CH3-].[CH3-].[Si]=[Zr]. The van der Waals surface area contributed by atoms with Crippen molar-refractivity contribution in [1.29, 1.82) is 0 Å². The van der Waals surface area contributed by atoms with Crippen molar-refractivity contribution in [3.05, 3.63) is 158 Å². The van der Waals surface area contributed by atoms with Gasteiger partial charge in [-0.2, -0.15) is 6.07 Å². The van der Waals surface area contributed by atoms with Gasteiger partial charge in [-0.25, -0.2) is 0 Å². The summed E-state index contributed by atoms with van der Waals surface area (Å²) in [6.07, 6.45) is 8.20. The normalized spacial score (nSPS) is 14.3. The number of aryl methyl sites for hydroxylation is 2. The molecule has 5 heteroatoms. The van der Waals surface area contributed by atoms with Crippen LogP contribution in [0.5, 0.6) is 0 Å². The zero-order valence-electron chi connectivity index (χ0n) is 30.7. The van der Waals surface area contributed by atoms with Gasteiger partial charge in [-0.3, -0.25) is 0 Å². The summed E-state index contributed by atoms with van der Waals surface area (Å²) >= 11 is 1.36. The monoisotopic (exact) mass is 781 g/mol. The summed E-state index contributed by atoms with van der Waals surface area (Å²) in [5, 5.41) is 5.35. The molecule has 258 valence electrons. The van der Waals surface area contributed by atoms with Crippen LogP contribution in [0.1, 0.15) is 58.2 Å². The molecule has 7 rings (SSSR count). The van der Waals surface area contributed by atoms with Crippen LogP contribution >= 0.6 is 24.8 Å². The zero-order chi connectivity index (χ0) is 32.5. The van der Waals surface area contributed by atoms with Crippen LogP contribution in [0.4, 0.5) is 5.69 Å². The molecule has 0 N–H and O–H groups in total. The van der Waals surface area contributed by atoms with Gasteiger partial charge < -0.3 is 19.8 Å². The number of rotatable bonds is 3. The number of fused-ring (bicyclic) bond motifs is 3. The first-order valence-corrected chi connectivity index (χ1v) is 20.1. The Labute approximate surface area is 326 Å². The molecule has 5 aromatic rings.